The summed E-state index contributed by atoms with van der Waals surface area (Å²) in [5, 5.41) is 22.6. The molecule has 0 aromatic heterocycles. The summed E-state index contributed by atoms with van der Waals surface area (Å²) in [5.41, 5.74) is 0.788. The van der Waals surface area contributed by atoms with Gasteiger partial charge < -0.3 is 10.1 Å². The van der Waals surface area contributed by atoms with Crippen LogP contribution in [0.3, 0.4) is 0 Å². The number of nitrogens with one attached hydrogen (secondary N) is 1. The summed E-state index contributed by atoms with van der Waals surface area (Å²) in [7, 11) is 0. The zero-order valence-corrected chi connectivity index (χ0v) is 15.3. The molecule has 2 rings (SSSR count). The van der Waals surface area contributed by atoms with Gasteiger partial charge in [0.25, 0.3) is 11.6 Å². The van der Waals surface area contributed by atoms with Crippen molar-refractivity contribution in [3.8, 4) is 11.8 Å². The van der Waals surface area contributed by atoms with Crippen LogP contribution in [0.25, 0.3) is 6.08 Å². The fourth-order valence-electron chi connectivity index (χ4n) is 2.05. The van der Waals surface area contributed by atoms with Gasteiger partial charge in [-0.3, -0.25) is 14.9 Å². The summed E-state index contributed by atoms with van der Waals surface area (Å²) in [6.07, 6.45) is 1.45. The first-order chi connectivity index (χ1) is 12.4. The van der Waals surface area contributed by atoms with Crippen molar-refractivity contribution in [2.24, 2.45) is 0 Å². The number of anilines is 1. The Morgan fingerprint density at radius 1 is 1.35 bits per heavy atom. The van der Waals surface area contributed by atoms with Crippen molar-refractivity contribution in [1.82, 2.24) is 0 Å². The molecule has 8 heteroatoms. The molecule has 0 aliphatic rings. The average molecular weight is 416 g/mol. The molecule has 1 amide bonds. The highest BCUT2D eigenvalue weighted by atomic mass is 79.9. The van der Waals surface area contributed by atoms with E-state index in [2.05, 4.69) is 21.2 Å². The number of nitro groups is 1. The van der Waals surface area contributed by atoms with Gasteiger partial charge in [0.05, 0.1) is 17.2 Å². The summed E-state index contributed by atoms with van der Waals surface area (Å²) in [4.78, 5) is 22.5. The predicted octanol–water partition coefficient (Wildman–Crippen LogP) is 4.30. The zero-order valence-electron chi connectivity index (χ0n) is 13.7. The van der Waals surface area contributed by atoms with Gasteiger partial charge in [-0.25, -0.2) is 0 Å². The van der Waals surface area contributed by atoms with Crippen LogP contribution in [-0.2, 0) is 4.79 Å². The summed E-state index contributed by atoms with van der Waals surface area (Å²) in [5.74, 6) is 0.0818. The lowest BCUT2D eigenvalue weighted by Crippen LogP contribution is -2.13. The minimum Gasteiger partial charge on any atom is -0.494 e. The number of halogens is 1. The van der Waals surface area contributed by atoms with Crippen LogP contribution in [-0.4, -0.2) is 17.4 Å². The van der Waals surface area contributed by atoms with Crippen LogP contribution >= 0.6 is 15.9 Å². The van der Waals surface area contributed by atoms with E-state index >= 15 is 0 Å². The van der Waals surface area contributed by atoms with Gasteiger partial charge in [-0.2, -0.15) is 5.26 Å². The quantitative estimate of drug-likeness (QED) is 0.327. The standard InChI is InChI=1S/C18H14BrN3O4/c1-2-26-15-6-3-12(4-7-15)9-13(11-20)18(23)21-17-8-5-14(22(24)25)10-16(17)19/h3-10H,2H2,1H3,(H,21,23)/b13-9+. The van der Waals surface area contributed by atoms with Gasteiger partial charge in [0.2, 0.25) is 0 Å². The third kappa shape index (κ3) is 4.91. The predicted molar refractivity (Wildman–Crippen MR) is 101 cm³/mol. The van der Waals surface area contributed by atoms with E-state index in [-0.39, 0.29) is 11.3 Å². The van der Waals surface area contributed by atoms with Crippen LogP contribution in [0.5, 0.6) is 5.75 Å². The fourth-order valence-corrected chi connectivity index (χ4v) is 2.52. The Morgan fingerprint density at radius 2 is 2.04 bits per heavy atom. The number of nitro benzene ring substituents is 1. The summed E-state index contributed by atoms with van der Waals surface area (Å²) in [6.45, 7) is 2.42. The number of carbonyl (C=O) groups is 1. The maximum Gasteiger partial charge on any atom is 0.270 e. The molecule has 2 aromatic carbocycles. The Hall–Kier alpha value is -3.18. The molecule has 0 atom stereocenters. The molecule has 0 unspecified atom stereocenters. The first kappa shape index (κ1) is 19.1. The summed E-state index contributed by atoms with van der Waals surface area (Å²) in [6, 6.07) is 12.7. The number of ether oxygens (including phenoxy) is 1. The second-order valence-electron chi connectivity index (χ2n) is 5.05. The molecular weight excluding hydrogens is 402 g/mol. The van der Waals surface area contributed by atoms with Crippen LogP contribution in [0.1, 0.15) is 12.5 Å². The van der Waals surface area contributed by atoms with Crippen LogP contribution in [0.4, 0.5) is 11.4 Å². The second kappa shape index (κ2) is 8.78. The average Bonchev–Trinajstić information content (AvgIpc) is 2.62. The lowest BCUT2D eigenvalue weighted by Gasteiger charge is -2.07. The fraction of sp³-hybridized carbons (Fsp3) is 0.111. The van der Waals surface area contributed by atoms with E-state index < -0.39 is 10.8 Å². The van der Waals surface area contributed by atoms with Crippen molar-refractivity contribution in [1.29, 1.82) is 5.26 Å². The van der Waals surface area contributed by atoms with E-state index in [1.807, 2.05) is 13.0 Å². The molecule has 0 radical (unpaired) electrons. The SMILES string of the molecule is CCOc1ccc(/C=C(\C#N)C(=O)Nc2ccc([N+](=O)[O-])cc2Br)cc1. The number of benzene rings is 2. The molecule has 0 aliphatic carbocycles. The van der Waals surface area contributed by atoms with Gasteiger partial charge in [0.1, 0.15) is 17.4 Å². The molecule has 26 heavy (non-hydrogen) atoms. The van der Waals surface area contributed by atoms with Gasteiger partial charge in [-0.05, 0) is 52.7 Å². The van der Waals surface area contributed by atoms with Crippen molar-refractivity contribution in [3.05, 3.63) is 68.2 Å². The molecule has 2 aromatic rings. The molecule has 0 saturated carbocycles. The molecular formula is C18H14BrN3O4. The minimum atomic E-state index is -0.615. The van der Waals surface area contributed by atoms with Crippen molar-refractivity contribution in [3.63, 3.8) is 0 Å². The number of amides is 1. The zero-order chi connectivity index (χ0) is 19.1. The Morgan fingerprint density at radius 3 is 2.58 bits per heavy atom. The third-order valence-corrected chi connectivity index (χ3v) is 3.93. The molecule has 1 N–H and O–H groups in total. The normalized spacial score (nSPS) is 10.7. The van der Waals surface area contributed by atoms with E-state index in [1.54, 1.807) is 24.3 Å². The van der Waals surface area contributed by atoms with Crippen molar-refractivity contribution < 1.29 is 14.5 Å². The summed E-state index contributed by atoms with van der Waals surface area (Å²) >= 11 is 3.17. The third-order valence-electron chi connectivity index (χ3n) is 3.28. The van der Waals surface area contributed by atoms with E-state index in [0.29, 0.717) is 28.1 Å². The largest absolute Gasteiger partial charge is 0.494 e. The molecule has 7 nitrogen and oxygen atoms in total. The number of nitriles is 1. The van der Waals surface area contributed by atoms with Gasteiger partial charge in [0.15, 0.2) is 0 Å². The van der Waals surface area contributed by atoms with Crippen LogP contribution < -0.4 is 10.1 Å². The number of hydrogen-bond donors (Lipinski definition) is 1. The first-order valence-corrected chi connectivity index (χ1v) is 8.34. The van der Waals surface area contributed by atoms with E-state index in [1.165, 1.54) is 24.3 Å². The maximum atomic E-state index is 12.3. The van der Waals surface area contributed by atoms with E-state index in [0.717, 1.165) is 0 Å². The number of nitrogens with zero attached hydrogens (tertiary/aromatic N) is 2. The van der Waals surface area contributed by atoms with Gasteiger partial charge in [-0.15, -0.1) is 0 Å². The lowest BCUT2D eigenvalue weighted by atomic mass is 10.1. The van der Waals surface area contributed by atoms with Crippen molar-refractivity contribution >= 4 is 39.3 Å². The molecule has 0 spiro atoms. The van der Waals surface area contributed by atoms with E-state index in [9.17, 15) is 20.2 Å². The minimum absolute atomic E-state index is 0.0978. The molecule has 0 bridgehead atoms. The lowest BCUT2D eigenvalue weighted by molar-refractivity contribution is -0.384. The van der Waals surface area contributed by atoms with Gasteiger partial charge >= 0.3 is 0 Å². The highest BCUT2D eigenvalue weighted by Gasteiger charge is 2.14. The van der Waals surface area contributed by atoms with Gasteiger partial charge in [0, 0.05) is 16.6 Å². The Kier molecular flexibility index (Phi) is 6.47. The number of hydrogen-bond acceptors (Lipinski definition) is 5. The smallest absolute Gasteiger partial charge is 0.270 e. The van der Waals surface area contributed by atoms with Crippen LogP contribution in [0.2, 0.25) is 0 Å². The molecule has 0 saturated heterocycles. The van der Waals surface area contributed by atoms with E-state index in [4.69, 9.17) is 4.74 Å². The summed E-state index contributed by atoms with van der Waals surface area (Å²) < 4.78 is 5.69. The monoisotopic (exact) mass is 415 g/mol. The topological polar surface area (TPSA) is 105 Å². The highest BCUT2D eigenvalue weighted by Crippen LogP contribution is 2.27. The van der Waals surface area contributed by atoms with Crippen molar-refractivity contribution in [2.75, 3.05) is 11.9 Å². The Balaban J connectivity index is 2.18. The molecule has 0 fully saturated rings. The highest BCUT2D eigenvalue weighted by molar-refractivity contribution is 9.10. The number of rotatable bonds is 6. The Bertz CT molecular complexity index is 902. The van der Waals surface area contributed by atoms with Crippen molar-refractivity contribution in [2.45, 2.75) is 6.92 Å². The molecule has 0 heterocycles. The number of carbonyl (C=O) groups excluding carboxylic acids is 1. The Labute approximate surface area is 158 Å². The molecule has 132 valence electrons. The second-order valence-corrected chi connectivity index (χ2v) is 5.90. The van der Waals surface area contributed by atoms with Crippen LogP contribution in [0.15, 0.2) is 52.5 Å². The number of non-ortho nitro benzene ring substituents is 1. The maximum absolute atomic E-state index is 12.3. The first-order valence-electron chi connectivity index (χ1n) is 7.54. The molecule has 0 aliphatic heterocycles. The van der Waals surface area contributed by atoms with Crippen LogP contribution in [0, 0.1) is 21.4 Å². The van der Waals surface area contributed by atoms with Gasteiger partial charge in [-0.1, -0.05) is 12.1 Å².